The third-order valence-electron chi connectivity index (χ3n) is 4.73. The lowest BCUT2D eigenvalue weighted by molar-refractivity contribution is 0.0890. The second-order valence-corrected chi connectivity index (χ2v) is 6.32. The van der Waals surface area contributed by atoms with E-state index in [1.165, 1.54) is 0 Å². The average molecular weight is 284 g/mol. The number of carbonyl (C=O) groups is 1. The Hall–Kier alpha value is -1.82. The molecule has 0 spiro atoms. The number of hydrogen-bond acceptors (Lipinski definition) is 2. The van der Waals surface area contributed by atoms with Crippen LogP contribution in [0.2, 0.25) is 0 Å². The van der Waals surface area contributed by atoms with E-state index in [1.807, 2.05) is 32.0 Å². The molecule has 3 nitrogen and oxygen atoms in total. The third kappa shape index (κ3) is 3.44. The summed E-state index contributed by atoms with van der Waals surface area (Å²) in [5.74, 6) is 0.577. The summed E-state index contributed by atoms with van der Waals surface area (Å²) in [4.78, 5) is 12.5. The molecule has 112 valence electrons. The normalized spacial score (nSPS) is 25.1. The average Bonchev–Trinajstić information content (AvgIpc) is 2.47. The highest BCUT2D eigenvalue weighted by molar-refractivity contribution is 5.96. The predicted molar refractivity (Wildman–Crippen MR) is 84.0 cm³/mol. The molecule has 1 amide bonds. The van der Waals surface area contributed by atoms with E-state index in [0.717, 1.165) is 43.2 Å². The summed E-state index contributed by atoms with van der Waals surface area (Å²) in [5.41, 5.74) is 2.10. The van der Waals surface area contributed by atoms with Crippen LogP contribution in [0.3, 0.4) is 0 Å². The monoisotopic (exact) mass is 284 g/mol. The van der Waals surface area contributed by atoms with E-state index < -0.39 is 5.54 Å². The van der Waals surface area contributed by atoms with Crippen molar-refractivity contribution in [1.29, 1.82) is 5.26 Å². The largest absolute Gasteiger partial charge is 0.334 e. The molecule has 1 aliphatic rings. The van der Waals surface area contributed by atoms with Gasteiger partial charge in [-0.3, -0.25) is 4.79 Å². The molecule has 0 bridgehead atoms. The van der Waals surface area contributed by atoms with Gasteiger partial charge in [0, 0.05) is 5.56 Å². The van der Waals surface area contributed by atoms with E-state index in [4.69, 9.17) is 0 Å². The van der Waals surface area contributed by atoms with E-state index >= 15 is 0 Å². The van der Waals surface area contributed by atoms with Crippen LogP contribution in [0.25, 0.3) is 0 Å². The Balaban J connectivity index is 2.12. The number of hydrogen-bond donors (Lipinski definition) is 1. The molecule has 0 heterocycles. The van der Waals surface area contributed by atoms with Gasteiger partial charge >= 0.3 is 0 Å². The van der Waals surface area contributed by atoms with Crippen molar-refractivity contribution >= 4 is 5.91 Å². The van der Waals surface area contributed by atoms with Crippen LogP contribution < -0.4 is 5.32 Å². The van der Waals surface area contributed by atoms with Gasteiger partial charge in [-0.25, -0.2) is 0 Å². The Morgan fingerprint density at radius 3 is 2.57 bits per heavy atom. The molecule has 1 aromatic rings. The fourth-order valence-electron chi connectivity index (χ4n) is 3.20. The van der Waals surface area contributed by atoms with E-state index in [-0.39, 0.29) is 5.91 Å². The van der Waals surface area contributed by atoms with Crippen LogP contribution in [0.4, 0.5) is 0 Å². The van der Waals surface area contributed by atoms with Crippen molar-refractivity contribution in [3.05, 3.63) is 34.9 Å². The summed E-state index contributed by atoms with van der Waals surface area (Å²) in [6.07, 6.45) is 4.73. The molecule has 3 heteroatoms. The molecule has 0 unspecified atom stereocenters. The second kappa shape index (κ2) is 6.30. The molecule has 0 aliphatic heterocycles. The Labute approximate surface area is 127 Å². The van der Waals surface area contributed by atoms with Crippen molar-refractivity contribution in [3.8, 4) is 6.07 Å². The molecule has 2 rings (SSSR count). The highest BCUT2D eigenvalue weighted by Gasteiger charge is 2.36. The maximum absolute atomic E-state index is 12.5. The summed E-state index contributed by atoms with van der Waals surface area (Å²) in [5, 5.41) is 12.5. The van der Waals surface area contributed by atoms with Gasteiger partial charge < -0.3 is 5.32 Å². The first-order valence-electron chi connectivity index (χ1n) is 7.80. The molecule has 0 saturated heterocycles. The summed E-state index contributed by atoms with van der Waals surface area (Å²) in [6, 6.07) is 8.15. The number of nitrogens with zero attached hydrogens (tertiary/aromatic N) is 1. The molecular weight excluding hydrogens is 260 g/mol. The summed E-state index contributed by atoms with van der Waals surface area (Å²) in [7, 11) is 0. The lowest BCUT2D eigenvalue weighted by atomic mass is 9.76. The fraction of sp³-hybridized carbons (Fsp3) is 0.556. The lowest BCUT2D eigenvalue weighted by Gasteiger charge is -2.35. The molecular formula is C18H24N2O. The summed E-state index contributed by atoms with van der Waals surface area (Å²) in [6.45, 7) is 6.14. The van der Waals surface area contributed by atoms with Gasteiger partial charge in [0.1, 0.15) is 5.54 Å². The van der Waals surface area contributed by atoms with Gasteiger partial charge in [-0.05, 0) is 57.1 Å². The van der Waals surface area contributed by atoms with Gasteiger partial charge in [0.2, 0.25) is 0 Å². The highest BCUT2D eigenvalue weighted by Crippen LogP contribution is 2.33. The van der Waals surface area contributed by atoms with Crippen molar-refractivity contribution in [2.75, 3.05) is 0 Å². The van der Waals surface area contributed by atoms with Gasteiger partial charge in [-0.15, -0.1) is 0 Å². The molecule has 0 aromatic heterocycles. The number of rotatable bonds is 3. The number of carbonyl (C=O) groups excluding carboxylic acids is 1. The van der Waals surface area contributed by atoms with E-state index in [2.05, 4.69) is 18.3 Å². The maximum Gasteiger partial charge on any atom is 0.252 e. The Bertz CT molecular complexity index is 563. The minimum absolute atomic E-state index is 0.121. The Morgan fingerprint density at radius 1 is 1.38 bits per heavy atom. The maximum atomic E-state index is 12.5. The molecule has 1 N–H and O–H groups in total. The van der Waals surface area contributed by atoms with Crippen LogP contribution in [0, 0.1) is 31.1 Å². The van der Waals surface area contributed by atoms with Gasteiger partial charge in [0.25, 0.3) is 5.91 Å². The van der Waals surface area contributed by atoms with Gasteiger partial charge in [0.05, 0.1) is 6.07 Å². The van der Waals surface area contributed by atoms with Crippen LogP contribution in [0.5, 0.6) is 0 Å². The highest BCUT2D eigenvalue weighted by atomic mass is 16.1. The first-order valence-corrected chi connectivity index (χ1v) is 7.80. The van der Waals surface area contributed by atoms with Crippen molar-refractivity contribution in [2.45, 2.75) is 58.4 Å². The zero-order chi connectivity index (χ0) is 15.5. The molecule has 1 fully saturated rings. The van der Waals surface area contributed by atoms with Gasteiger partial charge in [-0.2, -0.15) is 5.26 Å². The molecule has 21 heavy (non-hydrogen) atoms. The number of aryl methyl sites for hydroxylation is 2. The Kier molecular flexibility index (Phi) is 4.67. The Morgan fingerprint density at radius 2 is 2.05 bits per heavy atom. The van der Waals surface area contributed by atoms with Crippen molar-refractivity contribution in [3.63, 3.8) is 0 Å². The first kappa shape index (κ1) is 15.6. The predicted octanol–water partition coefficient (Wildman–Crippen LogP) is 3.90. The van der Waals surface area contributed by atoms with Crippen LogP contribution in [-0.2, 0) is 0 Å². The number of nitriles is 1. The van der Waals surface area contributed by atoms with Crippen molar-refractivity contribution < 1.29 is 4.79 Å². The lowest BCUT2D eigenvalue weighted by Crippen LogP contribution is -2.49. The van der Waals surface area contributed by atoms with Crippen LogP contribution in [0.15, 0.2) is 18.2 Å². The number of nitrogens with one attached hydrogen (secondary N) is 1. The quantitative estimate of drug-likeness (QED) is 0.915. The topological polar surface area (TPSA) is 52.9 Å². The summed E-state index contributed by atoms with van der Waals surface area (Å²) < 4.78 is 0. The van der Waals surface area contributed by atoms with E-state index in [9.17, 15) is 10.1 Å². The molecule has 1 aliphatic carbocycles. The van der Waals surface area contributed by atoms with Gasteiger partial charge in [-0.1, -0.05) is 31.0 Å². The summed E-state index contributed by atoms with van der Waals surface area (Å²) >= 11 is 0. The van der Waals surface area contributed by atoms with Crippen LogP contribution >= 0.6 is 0 Å². The molecule has 0 radical (unpaired) electrons. The SMILES string of the molecule is CCC1CCC(C#N)(NC(=O)c2ccc(C)cc2C)CC1. The van der Waals surface area contributed by atoms with Crippen LogP contribution in [0.1, 0.15) is 60.5 Å². The molecule has 1 saturated carbocycles. The zero-order valence-electron chi connectivity index (χ0n) is 13.2. The smallest absolute Gasteiger partial charge is 0.252 e. The van der Waals surface area contributed by atoms with Crippen molar-refractivity contribution in [2.24, 2.45) is 5.92 Å². The fourth-order valence-corrected chi connectivity index (χ4v) is 3.20. The van der Waals surface area contributed by atoms with Crippen molar-refractivity contribution in [1.82, 2.24) is 5.32 Å². The standard InChI is InChI=1S/C18H24N2O/c1-4-15-7-9-18(12-19,10-8-15)20-17(21)16-6-5-13(2)11-14(16)3/h5-6,11,15H,4,7-10H2,1-3H3,(H,20,21). The van der Waals surface area contributed by atoms with E-state index in [1.54, 1.807) is 0 Å². The van der Waals surface area contributed by atoms with Crippen LogP contribution in [-0.4, -0.2) is 11.4 Å². The molecule has 0 atom stereocenters. The van der Waals surface area contributed by atoms with E-state index in [0.29, 0.717) is 11.5 Å². The van der Waals surface area contributed by atoms with Gasteiger partial charge in [0.15, 0.2) is 0 Å². The molecule has 1 aromatic carbocycles. The first-order chi connectivity index (χ1) is 9.99. The minimum atomic E-state index is -0.680. The second-order valence-electron chi connectivity index (χ2n) is 6.32. The third-order valence-corrected chi connectivity index (χ3v) is 4.73. The minimum Gasteiger partial charge on any atom is -0.334 e. The zero-order valence-corrected chi connectivity index (χ0v) is 13.2. The number of amides is 1. The number of benzene rings is 1.